The van der Waals surface area contributed by atoms with Crippen LogP contribution in [0, 0.1) is 0 Å². The molecule has 1 aromatic rings. The Balaban J connectivity index is 2.08. The van der Waals surface area contributed by atoms with Crippen LogP contribution in [0.4, 0.5) is 0 Å². The lowest BCUT2D eigenvalue weighted by Crippen LogP contribution is -2.33. The van der Waals surface area contributed by atoms with E-state index < -0.39 is 0 Å². The van der Waals surface area contributed by atoms with Gasteiger partial charge >= 0.3 is 0 Å². The van der Waals surface area contributed by atoms with E-state index in [0.29, 0.717) is 18.6 Å². The largest absolute Gasteiger partial charge is 0.300 e. The second kappa shape index (κ2) is 5.19. The fraction of sp³-hybridized carbons (Fsp3) is 0.667. The van der Waals surface area contributed by atoms with Crippen LogP contribution in [-0.4, -0.2) is 33.6 Å². The van der Waals surface area contributed by atoms with Crippen LogP contribution < -0.4 is 0 Å². The van der Waals surface area contributed by atoms with Gasteiger partial charge in [0.25, 0.3) is 0 Å². The number of hydrogen-bond donors (Lipinski definition) is 0. The van der Waals surface area contributed by atoms with Gasteiger partial charge in [-0.25, -0.2) is 0 Å². The first-order chi connectivity index (χ1) is 8.11. The van der Waals surface area contributed by atoms with Crippen molar-refractivity contribution in [2.24, 2.45) is 7.05 Å². The Hall–Kier alpha value is -0.870. The van der Waals surface area contributed by atoms with Gasteiger partial charge in [0, 0.05) is 39.5 Å². The van der Waals surface area contributed by atoms with Crippen molar-refractivity contribution in [1.82, 2.24) is 14.7 Å². The highest BCUT2D eigenvalue weighted by Crippen LogP contribution is 2.23. The van der Waals surface area contributed by atoms with Crippen molar-refractivity contribution >= 4 is 17.4 Å². The van der Waals surface area contributed by atoms with Gasteiger partial charge < -0.3 is 0 Å². The first-order valence-electron chi connectivity index (χ1n) is 6.06. The molecule has 1 fully saturated rings. The molecule has 4 nitrogen and oxygen atoms in total. The predicted octanol–water partition coefficient (Wildman–Crippen LogP) is 1.80. The minimum Gasteiger partial charge on any atom is -0.300 e. The van der Waals surface area contributed by atoms with E-state index in [1.54, 1.807) is 0 Å². The molecule has 0 spiro atoms. The lowest BCUT2D eigenvalue weighted by Gasteiger charge is -2.25. The summed E-state index contributed by atoms with van der Waals surface area (Å²) in [7, 11) is 1.93. The standard InChI is InChI=1S/C12H18ClN3O/c1-3-10-12(13)11(15(2)14-10)8-16-6-4-9(17)5-7-16/h3-8H2,1-2H3. The molecule has 0 N–H and O–H groups in total. The van der Waals surface area contributed by atoms with Crippen LogP contribution in [0.3, 0.4) is 0 Å². The van der Waals surface area contributed by atoms with E-state index in [2.05, 4.69) is 16.9 Å². The first kappa shape index (κ1) is 12.6. The zero-order valence-electron chi connectivity index (χ0n) is 10.4. The average molecular weight is 256 g/mol. The molecule has 0 unspecified atom stereocenters. The molecule has 1 aromatic heterocycles. The van der Waals surface area contributed by atoms with E-state index in [0.717, 1.165) is 42.5 Å². The van der Waals surface area contributed by atoms with Crippen molar-refractivity contribution < 1.29 is 4.79 Å². The summed E-state index contributed by atoms with van der Waals surface area (Å²) in [6.07, 6.45) is 2.18. The van der Waals surface area contributed by atoms with Crippen molar-refractivity contribution in [2.45, 2.75) is 32.7 Å². The van der Waals surface area contributed by atoms with Gasteiger partial charge in [-0.3, -0.25) is 14.4 Å². The molecule has 0 atom stereocenters. The number of nitrogens with zero attached hydrogens (tertiary/aromatic N) is 3. The van der Waals surface area contributed by atoms with Crippen LogP contribution in [0.5, 0.6) is 0 Å². The summed E-state index contributed by atoms with van der Waals surface area (Å²) >= 11 is 6.30. The molecule has 2 heterocycles. The summed E-state index contributed by atoms with van der Waals surface area (Å²) in [6, 6.07) is 0. The van der Waals surface area contributed by atoms with Crippen molar-refractivity contribution in [1.29, 1.82) is 0 Å². The summed E-state index contributed by atoms with van der Waals surface area (Å²) in [5.41, 5.74) is 2.01. The van der Waals surface area contributed by atoms with Gasteiger partial charge in [0.2, 0.25) is 0 Å². The molecule has 0 radical (unpaired) electrons. The Labute approximate surface area is 107 Å². The number of likely N-dealkylation sites (tertiary alicyclic amines) is 1. The van der Waals surface area contributed by atoms with Gasteiger partial charge in [0.15, 0.2) is 0 Å². The number of ketones is 1. The second-order valence-electron chi connectivity index (χ2n) is 4.50. The minimum absolute atomic E-state index is 0.367. The SMILES string of the molecule is CCc1nn(C)c(CN2CCC(=O)CC2)c1Cl. The van der Waals surface area contributed by atoms with Crippen LogP contribution in [0.1, 0.15) is 31.2 Å². The normalized spacial score (nSPS) is 17.7. The van der Waals surface area contributed by atoms with Gasteiger partial charge in [-0.1, -0.05) is 18.5 Å². The molecule has 2 rings (SSSR count). The van der Waals surface area contributed by atoms with Crippen LogP contribution in [0.15, 0.2) is 0 Å². The zero-order chi connectivity index (χ0) is 12.4. The number of hydrogen-bond acceptors (Lipinski definition) is 3. The molecule has 5 heteroatoms. The number of aromatic nitrogens is 2. The highest BCUT2D eigenvalue weighted by Gasteiger charge is 2.20. The number of carbonyl (C=O) groups is 1. The molecule has 0 aliphatic carbocycles. The Morgan fingerprint density at radius 1 is 1.35 bits per heavy atom. The Morgan fingerprint density at radius 2 is 2.00 bits per heavy atom. The number of carbonyl (C=O) groups excluding carboxylic acids is 1. The Bertz CT molecular complexity index is 418. The number of Topliss-reactive ketones (excluding diaryl/α,β-unsaturated/α-hetero) is 1. The first-order valence-corrected chi connectivity index (χ1v) is 6.44. The third-order valence-corrected chi connectivity index (χ3v) is 3.73. The lowest BCUT2D eigenvalue weighted by atomic mass is 10.1. The van der Waals surface area contributed by atoms with E-state index in [9.17, 15) is 4.79 Å². The molecule has 0 amide bonds. The third kappa shape index (κ3) is 2.69. The maximum Gasteiger partial charge on any atom is 0.135 e. The molecule has 1 aliphatic rings. The monoisotopic (exact) mass is 255 g/mol. The van der Waals surface area contributed by atoms with Crippen LogP contribution in [-0.2, 0) is 24.8 Å². The molecule has 0 aromatic carbocycles. The van der Waals surface area contributed by atoms with E-state index in [-0.39, 0.29) is 0 Å². The quantitative estimate of drug-likeness (QED) is 0.827. The summed E-state index contributed by atoms with van der Waals surface area (Å²) in [5.74, 6) is 0.367. The van der Waals surface area contributed by atoms with Gasteiger partial charge in [-0.05, 0) is 6.42 Å². The second-order valence-corrected chi connectivity index (χ2v) is 4.88. The lowest BCUT2D eigenvalue weighted by molar-refractivity contribution is -0.121. The van der Waals surface area contributed by atoms with Crippen molar-refractivity contribution in [3.05, 3.63) is 16.4 Å². The van der Waals surface area contributed by atoms with Crippen LogP contribution in [0.2, 0.25) is 5.02 Å². The van der Waals surface area contributed by atoms with Gasteiger partial charge in [0.05, 0.1) is 16.4 Å². The molecule has 0 bridgehead atoms. The molecule has 17 heavy (non-hydrogen) atoms. The minimum atomic E-state index is 0.367. The molecular weight excluding hydrogens is 238 g/mol. The number of rotatable bonds is 3. The Kier molecular flexibility index (Phi) is 3.84. The van der Waals surface area contributed by atoms with Crippen LogP contribution >= 0.6 is 11.6 Å². The topological polar surface area (TPSA) is 38.1 Å². The van der Waals surface area contributed by atoms with Gasteiger partial charge in [-0.15, -0.1) is 0 Å². The molecule has 94 valence electrons. The average Bonchev–Trinajstić information content (AvgIpc) is 2.59. The number of halogens is 1. The summed E-state index contributed by atoms with van der Waals surface area (Å²) < 4.78 is 1.86. The van der Waals surface area contributed by atoms with E-state index in [1.807, 2.05) is 11.7 Å². The van der Waals surface area contributed by atoms with Crippen molar-refractivity contribution in [3.8, 4) is 0 Å². The highest BCUT2D eigenvalue weighted by atomic mass is 35.5. The summed E-state index contributed by atoms with van der Waals surface area (Å²) in [6.45, 7) is 4.51. The highest BCUT2D eigenvalue weighted by molar-refractivity contribution is 6.31. The molecule has 1 saturated heterocycles. The van der Waals surface area contributed by atoms with E-state index in [4.69, 9.17) is 11.6 Å². The predicted molar refractivity (Wildman–Crippen MR) is 67.1 cm³/mol. The molecule has 1 aliphatic heterocycles. The number of aryl methyl sites for hydroxylation is 2. The number of piperidine rings is 1. The third-order valence-electron chi connectivity index (χ3n) is 3.29. The summed E-state index contributed by atoms with van der Waals surface area (Å²) in [4.78, 5) is 13.4. The molecule has 0 saturated carbocycles. The summed E-state index contributed by atoms with van der Waals surface area (Å²) in [5, 5.41) is 5.18. The molecular formula is C12H18ClN3O. The van der Waals surface area contributed by atoms with E-state index in [1.165, 1.54) is 0 Å². The maximum absolute atomic E-state index is 11.2. The van der Waals surface area contributed by atoms with Crippen molar-refractivity contribution in [2.75, 3.05) is 13.1 Å². The smallest absolute Gasteiger partial charge is 0.135 e. The zero-order valence-corrected chi connectivity index (χ0v) is 11.1. The maximum atomic E-state index is 11.2. The van der Waals surface area contributed by atoms with E-state index >= 15 is 0 Å². The van der Waals surface area contributed by atoms with Gasteiger partial charge in [-0.2, -0.15) is 5.10 Å². The van der Waals surface area contributed by atoms with Crippen LogP contribution in [0.25, 0.3) is 0 Å². The van der Waals surface area contributed by atoms with Gasteiger partial charge in [0.1, 0.15) is 5.78 Å². The fourth-order valence-electron chi connectivity index (χ4n) is 2.16. The Morgan fingerprint density at radius 3 is 2.53 bits per heavy atom. The fourth-order valence-corrected chi connectivity index (χ4v) is 2.52. The van der Waals surface area contributed by atoms with Crippen molar-refractivity contribution in [3.63, 3.8) is 0 Å².